The summed E-state index contributed by atoms with van der Waals surface area (Å²) in [7, 11) is 0. The molecule has 1 heterocycles. The van der Waals surface area contributed by atoms with E-state index in [1.54, 1.807) is 0 Å². The normalized spacial score (nSPS) is 11.4. The lowest BCUT2D eigenvalue weighted by Crippen LogP contribution is -2.17. The fourth-order valence-corrected chi connectivity index (χ4v) is 1.63. The molecule has 0 aliphatic rings. The molecular formula is C9H4F4N4OS. The average Bonchev–Trinajstić information content (AvgIpc) is 2.80. The van der Waals surface area contributed by atoms with Crippen LogP contribution in [0.5, 0.6) is 0 Å². The highest BCUT2D eigenvalue weighted by atomic mass is 32.1. The van der Waals surface area contributed by atoms with Crippen LogP contribution in [0.15, 0.2) is 18.2 Å². The van der Waals surface area contributed by atoms with Crippen molar-refractivity contribution in [1.82, 2.24) is 14.8 Å². The van der Waals surface area contributed by atoms with Gasteiger partial charge in [-0.1, -0.05) is 15.7 Å². The molecule has 2 aromatic rings. The van der Waals surface area contributed by atoms with E-state index in [1.165, 1.54) is 0 Å². The van der Waals surface area contributed by atoms with Crippen molar-refractivity contribution in [1.29, 1.82) is 0 Å². The number of alkyl halides is 3. The van der Waals surface area contributed by atoms with Gasteiger partial charge in [0.25, 0.3) is 5.91 Å². The van der Waals surface area contributed by atoms with Crippen LogP contribution in [0, 0.1) is 5.82 Å². The average molecular weight is 292 g/mol. The Morgan fingerprint density at radius 2 is 2.05 bits per heavy atom. The van der Waals surface area contributed by atoms with Crippen LogP contribution in [0.3, 0.4) is 0 Å². The number of nitrogens with one attached hydrogen (secondary N) is 1. The Morgan fingerprint density at radius 1 is 1.32 bits per heavy atom. The van der Waals surface area contributed by atoms with E-state index >= 15 is 0 Å². The van der Waals surface area contributed by atoms with E-state index in [4.69, 9.17) is 0 Å². The maximum atomic E-state index is 13.6. The second-order valence-electron chi connectivity index (χ2n) is 3.29. The summed E-state index contributed by atoms with van der Waals surface area (Å²) in [6.07, 6.45) is -4.87. The van der Waals surface area contributed by atoms with Gasteiger partial charge in [0.1, 0.15) is 5.82 Å². The molecule has 0 bridgehead atoms. The highest BCUT2D eigenvalue weighted by molar-refractivity contribution is 7.09. The topological polar surface area (TPSA) is 67.8 Å². The Bertz CT molecular complexity index is 599. The number of halogens is 4. The molecule has 0 saturated carbocycles. The predicted octanol–water partition coefficient (Wildman–Crippen LogP) is 2.34. The van der Waals surface area contributed by atoms with E-state index in [9.17, 15) is 22.4 Å². The lowest BCUT2D eigenvalue weighted by molar-refractivity contribution is -0.140. The largest absolute Gasteiger partial charge is 0.419 e. The minimum atomic E-state index is -4.87. The van der Waals surface area contributed by atoms with Crippen LogP contribution in [-0.2, 0) is 6.18 Å². The number of benzene rings is 1. The molecule has 10 heteroatoms. The molecule has 1 N–H and O–H groups in total. The zero-order chi connectivity index (χ0) is 14.0. The highest BCUT2D eigenvalue weighted by Gasteiger charge is 2.35. The standard InChI is InChI=1S/C9H4F4N4OS/c10-6-4(2-1-3-5(6)9(11,12)13)7(18)14-8-15-16-17-19-8/h1-3H,(H,14,15,17,18). The monoisotopic (exact) mass is 292 g/mol. The van der Waals surface area contributed by atoms with E-state index < -0.39 is 29.0 Å². The Labute approximate surface area is 107 Å². The molecule has 0 unspecified atom stereocenters. The lowest BCUT2D eigenvalue weighted by Gasteiger charge is -2.10. The van der Waals surface area contributed by atoms with E-state index in [0.717, 1.165) is 12.1 Å². The first-order valence-corrected chi connectivity index (χ1v) is 5.49. The third-order valence-corrected chi connectivity index (χ3v) is 2.58. The number of aromatic nitrogens is 3. The molecule has 0 atom stereocenters. The Morgan fingerprint density at radius 3 is 2.63 bits per heavy atom. The summed E-state index contributed by atoms with van der Waals surface area (Å²) in [6, 6.07) is 2.44. The van der Waals surface area contributed by atoms with Crippen LogP contribution in [-0.4, -0.2) is 20.7 Å². The van der Waals surface area contributed by atoms with Gasteiger partial charge >= 0.3 is 6.18 Å². The summed E-state index contributed by atoms with van der Waals surface area (Å²) < 4.78 is 54.4. The number of carbonyl (C=O) groups excluding carboxylic acids is 1. The van der Waals surface area contributed by atoms with Crippen LogP contribution in [0.4, 0.5) is 22.7 Å². The van der Waals surface area contributed by atoms with E-state index in [-0.39, 0.29) is 5.13 Å². The van der Waals surface area contributed by atoms with Gasteiger partial charge in [-0.05, 0) is 17.3 Å². The predicted molar refractivity (Wildman–Crippen MR) is 57.1 cm³/mol. The number of nitrogens with zero attached hydrogens (tertiary/aromatic N) is 3. The van der Waals surface area contributed by atoms with Crippen molar-refractivity contribution in [3.05, 3.63) is 35.1 Å². The number of amides is 1. The Balaban J connectivity index is 2.33. The van der Waals surface area contributed by atoms with Gasteiger partial charge in [-0.25, -0.2) is 4.39 Å². The van der Waals surface area contributed by atoms with E-state index in [1.807, 2.05) is 0 Å². The van der Waals surface area contributed by atoms with Crippen molar-refractivity contribution in [3.63, 3.8) is 0 Å². The summed E-state index contributed by atoms with van der Waals surface area (Å²) in [5.74, 6) is -2.69. The minimum absolute atomic E-state index is 0.0400. The van der Waals surface area contributed by atoms with Crippen molar-refractivity contribution in [3.8, 4) is 0 Å². The Kier molecular flexibility index (Phi) is 3.42. The zero-order valence-corrected chi connectivity index (χ0v) is 9.72. The Hall–Kier alpha value is -2.10. The first-order chi connectivity index (χ1) is 8.89. The molecule has 0 radical (unpaired) electrons. The molecule has 1 amide bonds. The van der Waals surface area contributed by atoms with Crippen LogP contribution in [0.2, 0.25) is 0 Å². The molecule has 19 heavy (non-hydrogen) atoms. The molecule has 0 fully saturated rings. The van der Waals surface area contributed by atoms with Gasteiger partial charge in [0.2, 0.25) is 5.13 Å². The third-order valence-electron chi connectivity index (χ3n) is 2.07. The van der Waals surface area contributed by atoms with E-state index in [2.05, 4.69) is 20.1 Å². The van der Waals surface area contributed by atoms with Crippen molar-refractivity contribution in [2.45, 2.75) is 6.18 Å². The number of hydrogen-bond donors (Lipinski definition) is 1. The molecule has 2 rings (SSSR count). The fourth-order valence-electron chi connectivity index (χ4n) is 1.27. The fraction of sp³-hybridized carbons (Fsp3) is 0.111. The summed E-state index contributed by atoms with van der Waals surface area (Å²) in [4.78, 5) is 11.6. The maximum absolute atomic E-state index is 13.6. The molecule has 0 saturated heterocycles. The van der Waals surface area contributed by atoms with Crippen LogP contribution in [0.25, 0.3) is 0 Å². The highest BCUT2D eigenvalue weighted by Crippen LogP contribution is 2.32. The van der Waals surface area contributed by atoms with Gasteiger partial charge in [0.15, 0.2) is 0 Å². The molecule has 5 nitrogen and oxygen atoms in total. The van der Waals surface area contributed by atoms with Gasteiger partial charge in [-0.2, -0.15) is 13.2 Å². The summed E-state index contributed by atoms with van der Waals surface area (Å²) in [5, 5.41) is 8.60. The number of hydrogen-bond acceptors (Lipinski definition) is 5. The molecule has 1 aromatic carbocycles. The first-order valence-electron chi connectivity index (χ1n) is 4.71. The van der Waals surface area contributed by atoms with Crippen LogP contribution >= 0.6 is 11.5 Å². The SMILES string of the molecule is O=C(Nc1nnns1)c1cccc(C(F)(F)F)c1F. The van der Waals surface area contributed by atoms with E-state index in [0.29, 0.717) is 17.6 Å². The molecule has 1 aromatic heterocycles. The molecular weight excluding hydrogens is 288 g/mol. The maximum Gasteiger partial charge on any atom is 0.419 e. The van der Waals surface area contributed by atoms with Gasteiger partial charge in [0.05, 0.1) is 11.1 Å². The van der Waals surface area contributed by atoms with Crippen LogP contribution in [0.1, 0.15) is 15.9 Å². The molecule has 0 spiro atoms. The number of carbonyl (C=O) groups is 1. The van der Waals surface area contributed by atoms with Gasteiger partial charge in [0, 0.05) is 11.5 Å². The molecule has 0 aliphatic heterocycles. The number of anilines is 1. The van der Waals surface area contributed by atoms with Crippen molar-refractivity contribution in [2.24, 2.45) is 0 Å². The number of rotatable bonds is 2. The summed E-state index contributed by atoms with van der Waals surface area (Å²) in [5.41, 5.74) is -2.24. The first kappa shape index (κ1) is 13.3. The summed E-state index contributed by atoms with van der Waals surface area (Å²) in [6.45, 7) is 0. The van der Waals surface area contributed by atoms with Gasteiger partial charge < -0.3 is 0 Å². The second kappa shape index (κ2) is 4.88. The van der Waals surface area contributed by atoms with Gasteiger partial charge in [-0.3, -0.25) is 10.1 Å². The summed E-state index contributed by atoms with van der Waals surface area (Å²) >= 11 is 0.713. The quantitative estimate of drug-likeness (QED) is 0.863. The molecule has 0 aliphatic carbocycles. The zero-order valence-electron chi connectivity index (χ0n) is 8.90. The lowest BCUT2D eigenvalue weighted by atomic mass is 10.1. The molecule has 100 valence electrons. The van der Waals surface area contributed by atoms with Crippen molar-refractivity contribution in [2.75, 3.05) is 5.32 Å². The van der Waals surface area contributed by atoms with Crippen LogP contribution < -0.4 is 5.32 Å². The third kappa shape index (κ3) is 2.84. The minimum Gasteiger partial charge on any atom is -0.295 e. The smallest absolute Gasteiger partial charge is 0.295 e. The van der Waals surface area contributed by atoms with Crippen molar-refractivity contribution >= 4 is 22.6 Å². The van der Waals surface area contributed by atoms with Gasteiger partial charge in [-0.15, -0.1) is 0 Å². The second-order valence-corrected chi connectivity index (χ2v) is 4.02. The van der Waals surface area contributed by atoms with Crippen molar-refractivity contribution < 1.29 is 22.4 Å².